The van der Waals surface area contributed by atoms with E-state index in [1.165, 1.54) is 27.9 Å². The standard InChI is InChI=1S/C29H23N2/c1-2-3-20-30-22-31-21-19-25-15-10-16-26(24-13-8-5-9-14-24)28(25)29(31)27(30)18-17-23-11-6-4-7-12-23/h1,4-16,22H,3,19-21H2/q+1. The van der Waals surface area contributed by atoms with Gasteiger partial charge in [0.1, 0.15) is 6.54 Å². The molecule has 0 atom stereocenters. The number of terminal acetylenes is 1. The Hall–Kier alpha value is -4.01. The van der Waals surface area contributed by atoms with E-state index >= 15 is 0 Å². The zero-order chi connectivity index (χ0) is 21.0. The second-order valence-electron chi connectivity index (χ2n) is 7.73. The minimum absolute atomic E-state index is 0.682. The van der Waals surface area contributed by atoms with E-state index in [0.29, 0.717) is 6.42 Å². The highest BCUT2D eigenvalue weighted by Crippen LogP contribution is 2.37. The molecule has 3 aromatic carbocycles. The topological polar surface area (TPSA) is 8.81 Å². The zero-order valence-corrected chi connectivity index (χ0v) is 17.4. The lowest BCUT2D eigenvalue weighted by Crippen LogP contribution is -2.38. The fourth-order valence-electron chi connectivity index (χ4n) is 4.31. The first-order chi connectivity index (χ1) is 15.3. The minimum atomic E-state index is 0.682. The average Bonchev–Trinajstić information content (AvgIpc) is 3.20. The maximum atomic E-state index is 5.58. The molecule has 4 aromatic rings. The molecule has 0 saturated carbocycles. The smallest absolute Gasteiger partial charge is 0.228 e. The first-order valence-corrected chi connectivity index (χ1v) is 10.7. The molecular formula is C29H23N2+. The van der Waals surface area contributed by atoms with Gasteiger partial charge in [0.25, 0.3) is 0 Å². The Morgan fingerprint density at radius 1 is 0.871 bits per heavy atom. The van der Waals surface area contributed by atoms with Gasteiger partial charge in [-0.1, -0.05) is 72.7 Å². The Labute approximate surface area is 183 Å². The number of benzene rings is 3. The first kappa shape index (κ1) is 19.0. The highest BCUT2D eigenvalue weighted by atomic mass is 15.1. The number of fused-ring (bicyclic) bond motifs is 3. The number of aryl methyl sites for hydroxylation is 3. The van der Waals surface area contributed by atoms with E-state index in [2.05, 4.69) is 81.8 Å². The van der Waals surface area contributed by atoms with Crippen molar-refractivity contribution in [2.45, 2.75) is 25.9 Å². The number of aromatic nitrogens is 2. The predicted molar refractivity (Wildman–Crippen MR) is 125 cm³/mol. The van der Waals surface area contributed by atoms with Gasteiger partial charge in [-0.3, -0.25) is 0 Å². The summed E-state index contributed by atoms with van der Waals surface area (Å²) in [6, 6.07) is 27.4. The van der Waals surface area contributed by atoms with Crippen molar-refractivity contribution in [3.63, 3.8) is 0 Å². The lowest BCUT2D eigenvalue weighted by molar-refractivity contribution is -0.687. The Bertz CT molecular complexity index is 1330. The Kier molecular flexibility index (Phi) is 5.14. The summed E-state index contributed by atoms with van der Waals surface area (Å²) in [4.78, 5) is 0. The van der Waals surface area contributed by atoms with Crippen LogP contribution < -0.4 is 4.57 Å². The molecule has 2 nitrogen and oxygen atoms in total. The molecule has 0 bridgehead atoms. The fourth-order valence-corrected chi connectivity index (χ4v) is 4.31. The van der Waals surface area contributed by atoms with Crippen LogP contribution in [0.15, 0.2) is 85.2 Å². The quantitative estimate of drug-likeness (QED) is 0.335. The van der Waals surface area contributed by atoms with E-state index in [-0.39, 0.29) is 0 Å². The molecule has 0 aliphatic carbocycles. The van der Waals surface area contributed by atoms with Crippen molar-refractivity contribution in [1.82, 2.24) is 4.57 Å². The summed E-state index contributed by atoms with van der Waals surface area (Å²) in [5, 5.41) is 0. The van der Waals surface area contributed by atoms with Crippen molar-refractivity contribution < 1.29 is 4.57 Å². The number of hydrogen-bond acceptors (Lipinski definition) is 0. The molecule has 0 unspecified atom stereocenters. The first-order valence-electron chi connectivity index (χ1n) is 10.7. The molecule has 0 radical (unpaired) electrons. The Balaban J connectivity index is 1.73. The monoisotopic (exact) mass is 399 g/mol. The van der Waals surface area contributed by atoms with Crippen molar-refractivity contribution in [2.75, 3.05) is 0 Å². The van der Waals surface area contributed by atoms with Crippen molar-refractivity contribution in [1.29, 1.82) is 0 Å². The summed E-state index contributed by atoms with van der Waals surface area (Å²) in [7, 11) is 0. The van der Waals surface area contributed by atoms with Crippen LogP contribution in [0.1, 0.15) is 23.2 Å². The average molecular weight is 400 g/mol. The summed E-state index contributed by atoms with van der Waals surface area (Å²) in [6.07, 6.45) is 9.47. The molecule has 1 aliphatic rings. The van der Waals surface area contributed by atoms with Crippen LogP contribution >= 0.6 is 0 Å². The molecule has 2 heteroatoms. The summed E-state index contributed by atoms with van der Waals surface area (Å²) in [5.41, 5.74) is 8.38. The van der Waals surface area contributed by atoms with Gasteiger partial charge < -0.3 is 0 Å². The van der Waals surface area contributed by atoms with Crippen LogP contribution in [0.2, 0.25) is 0 Å². The predicted octanol–water partition coefficient (Wildman–Crippen LogP) is 5.09. The van der Waals surface area contributed by atoms with Crippen LogP contribution in [-0.2, 0) is 19.5 Å². The molecule has 0 amide bonds. The van der Waals surface area contributed by atoms with Crippen molar-refractivity contribution in [3.8, 4) is 46.6 Å². The molecule has 0 spiro atoms. The van der Waals surface area contributed by atoms with E-state index in [9.17, 15) is 0 Å². The number of nitrogens with zero attached hydrogens (tertiary/aromatic N) is 2. The lowest BCUT2D eigenvalue weighted by atomic mass is 9.89. The molecular weight excluding hydrogens is 376 g/mol. The van der Waals surface area contributed by atoms with Crippen LogP contribution in [0.25, 0.3) is 22.4 Å². The van der Waals surface area contributed by atoms with Gasteiger partial charge in [0.2, 0.25) is 12.0 Å². The number of imidazole rings is 1. The normalized spacial score (nSPS) is 11.6. The van der Waals surface area contributed by atoms with E-state index in [1.54, 1.807) is 0 Å². The molecule has 0 saturated heterocycles. The van der Waals surface area contributed by atoms with Crippen molar-refractivity contribution in [3.05, 3.63) is 102 Å². The molecule has 0 N–H and O–H groups in total. The third kappa shape index (κ3) is 3.65. The lowest BCUT2D eigenvalue weighted by Gasteiger charge is -2.18. The number of rotatable bonds is 3. The maximum Gasteiger partial charge on any atom is 0.245 e. The Morgan fingerprint density at radius 2 is 1.65 bits per heavy atom. The van der Waals surface area contributed by atoms with Gasteiger partial charge in [-0.15, -0.1) is 12.3 Å². The van der Waals surface area contributed by atoms with Gasteiger partial charge in [0, 0.05) is 24.0 Å². The zero-order valence-electron chi connectivity index (χ0n) is 17.4. The van der Waals surface area contributed by atoms with Crippen LogP contribution in [0.3, 0.4) is 0 Å². The van der Waals surface area contributed by atoms with Crippen LogP contribution in [0.4, 0.5) is 0 Å². The third-order valence-corrected chi connectivity index (χ3v) is 5.77. The summed E-state index contributed by atoms with van der Waals surface area (Å²) in [5.74, 6) is 9.63. The minimum Gasteiger partial charge on any atom is -0.228 e. The summed E-state index contributed by atoms with van der Waals surface area (Å²) < 4.78 is 4.57. The second-order valence-corrected chi connectivity index (χ2v) is 7.73. The molecule has 1 aromatic heterocycles. The SMILES string of the molecule is C#CCCn1c[n+]2c(c1C#Cc1ccccc1)-c1c(cccc1-c1ccccc1)CC2. The van der Waals surface area contributed by atoms with Crippen molar-refractivity contribution in [2.24, 2.45) is 0 Å². The van der Waals surface area contributed by atoms with Gasteiger partial charge >= 0.3 is 0 Å². The van der Waals surface area contributed by atoms with Gasteiger partial charge in [0.05, 0.1) is 6.54 Å². The highest BCUT2D eigenvalue weighted by Gasteiger charge is 2.31. The van der Waals surface area contributed by atoms with Gasteiger partial charge in [-0.2, -0.15) is 0 Å². The molecule has 5 rings (SSSR count). The maximum absolute atomic E-state index is 5.58. The fraction of sp³-hybridized carbons (Fsp3) is 0.138. The largest absolute Gasteiger partial charge is 0.245 e. The van der Waals surface area contributed by atoms with Gasteiger partial charge in [-0.25, -0.2) is 9.13 Å². The number of hydrogen-bond donors (Lipinski definition) is 0. The summed E-state index contributed by atoms with van der Waals surface area (Å²) >= 11 is 0. The van der Waals surface area contributed by atoms with E-state index in [4.69, 9.17) is 6.42 Å². The highest BCUT2D eigenvalue weighted by molar-refractivity contribution is 5.85. The summed E-state index contributed by atoms with van der Waals surface area (Å²) in [6.45, 7) is 1.71. The Morgan fingerprint density at radius 3 is 2.42 bits per heavy atom. The van der Waals surface area contributed by atoms with E-state index in [1.807, 2.05) is 30.3 Å². The third-order valence-electron chi connectivity index (χ3n) is 5.77. The van der Waals surface area contributed by atoms with E-state index < -0.39 is 0 Å². The molecule has 2 heterocycles. The van der Waals surface area contributed by atoms with Crippen LogP contribution in [0, 0.1) is 24.2 Å². The van der Waals surface area contributed by atoms with Gasteiger partial charge in [-0.05, 0) is 34.7 Å². The molecule has 0 fully saturated rings. The molecule has 31 heavy (non-hydrogen) atoms. The van der Waals surface area contributed by atoms with Crippen LogP contribution in [0.5, 0.6) is 0 Å². The second kappa shape index (κ2) is 8.39. The molecule has 148 valence electrons. The molecule has 1 aliphatic heterocycles. The van der Waals surface area contributed by atoms with Crippen molar-refractivity contribution >= 4 is 0 Å². The van der Waals surface area contributed by atoms with E-state index in [0.717, 1.165) is 30.8 Å². The van der Waals surface area contributed by atoms with Crippen LogP contribution in [-0.4, -0.2) is 4.57 Å². The van der Waals surface area contributed by atoms with Gasteiger partial charge in [0.15, 0.2) is 5.69 Å².